The maximum absolute atomic E-state index is 10.8. The van der Waals surface area contributed by atoms with Gasteiger partial charge in [-0.05, 0) is 31.5 Å². The van der Waals surface area contributed by atoms with E-state index in [0.29, 0.717) is 6.61 Å². The Morgan fingerprint density at radius 3 is 2.82 bits per heavy atom. The van der Waals surface area contributed by atoms with Gasteiger partial charge in [0.1, 0.15) is 0 Å². The van der Waals surface area contributed by atoms with Gasteiger partial charge in [0.05, 0.1) is 10.6 Å². The van der Waals surface area contributed by atoms with Gasteiger partial charge in [0, 0.05) is 25.4 Å². The van der Waals surface area contributed by atoms with Gasteiger partial charge in [-0.15, -0.1) is 0 Å². The van der Waals surface area contributed by atoms with Crippen LogP contribution in [0.2, 0.25) is 5.02 Å². The highest BCUT2D eigenvalue weighted by molar-refractivity contribution is 6.33. The third-order valence-corrected chi connectivity index (χ3v) is 2.68. The standard InChI is InChI=1S/C12H16ClNO3/c1-8(5-6-17-2)14-9-3-4-10(12(15)16)11(13)7-9/h3-4,7-8,14H,5-6H2,1-2H3,(H,15,16). The summed E-state index contributed by atoms with van der Waals surface area (Å²) < 4.78 is 4.98. The van der Waals surface area contributed by atoms with Gasteiger partial charge in [-0.3, -0.25) is 0 Å². The Morgan fingerprint density at radius 1 is 1.59 bits per heavy atom. The normalized spacial score (nSPS) is 12.2. The predicted octanol–water partition coefficient (Wildman–Crippen LogP) is 2.88. The number of carboxylic acid groups (broad SMARTS) is 1. The van der Waals surface area contributed by atoms with Crippen molar-refractivity contribution in [3.05, 3.63) is 28.8 Å². The van der Waals surface area contributed by atoms with E-state index >= 15 is 0 Å². The Labute approximate surface area is 106 Å². The van der Waals surface area contributed by atoms with Crippen LogP contribution in [0, 0.1) is 0 Å². The van der Waals surface area contributed by atoms with Crippen molar-refractivity contribution in [1.82, 2.24) is 0 Å². The average molecular weight is 258 g/mol. The molecule has 0 aliphatic rings. The number of halogens is 1. The van der Waals surface area contributed by atoms with E-state index in [4.69, 9.17) is 21.4 Å². The zero-order valence-electron chi connectivity index (χ0n) is 9.87. The first-order valence-electron chi connectivity index (χ1n) is 5.33. The number of aromatic carboxylic acids is 1. The minimum Gasteiger partial charge on any atom is -0.478 e. The average Bonchev–Trinajstić information content (AvgIpc) is 2.26. The number of nitrogens with one attached hydrogen (secondary N) is 1. The maximum atomic E-state index is 10.8. The van der Waals surface area contributed by atoms with Crippen molar-refractivity contribution in [2.45, 2.75) is 19.4 Å². The first-order valence-corrected chi connectivity index (χ1v) is 5.70. The van der Waals surface area contributed by atoms with E-state index in [0.717, 1.165) is 12.1 Å². The first kappa shape index (κ1) is 13.8. The molecule has 0 aliphatic carbocycles. The third kappa shape index (κ3) is 4.24. The van der Waals surface area contributed by atoms with Crippen molar-refractivity contribution in [2.24, 2.45) is 0 Å². The summed E-state index contributed by atoms with van der Waals surface area (Å²) in [5, 5.41) is 12.3. The molecule has 1 aromatic rings. The summed E-state index contributed by atoms with van der Waals surface area (Å²) in [6, 6.07) is 5.06. The van der Waals surface area contributed by atoms with Crippen LogP contribution >= 0.6 is 11.6 Å². The lowest BCUT2D eigenvalue weighted by Gasteiger charge is -2.15. The van der Waals surface area contributed by atoms with Crippen molar-refractivity contribution in [3.63, 3.8) is 0 Å². The molecule has 0 fully saturated rings. The number of carboxylic acids is 1. The predicted molar refractivity (Wildman–Crippen MR) is 68.0 cm³/mol. The Hall–Kier alpha value is -1.26. The lowest BCUT2D eigenvalue weighted by molar-refractivity contribution is 0.0697. The quantitative estimate of drug-likeness (QED) is 0.823. The smallest absolute Gasteiger partial charge is 0.337 e. The number of carbonyl (C=O) groups is 1. The summed E-state index contributed by atoms with van der Waals surface area (Å²) in [5.74, 6) is -1.02. The summed E-state index contributed by atoms with van der Waals surface area (Å²) in [6.45, 7) is 2.70. The van der Waals surface area contributed by atoms with Crippen molar-refractivity contribution >= 4 is 23.3 Å². The summed E-state index contributed by atoms with van der Waals surface area (Å²) in [4.78, 5) is 10.8. The number of ether oxygens (including phenoxy) is 1. The fourth-order valence-electron chi connectivity index (χ4n) is 1.43. The minimum atomic E-state index is -1.02. The molecule has 0 bridgehead atoms. The monoisotopic (exact) mass is 257 g/mol. The Bertz CT molecular complexity index is 395. The molecular formula is C12H16ClNO3. The zero-order chi connectivity index (χ0) is 12.8. The van der Waals surface area contributed by atoms with Gasteiger partial charge in [-0.1, -0.05) is 11.6 Å². The Balaban J connectivity index is 2.67. The van der Waals surface area contributed by atoms with Crippen LogP contribution in [0.1, 0.15) is 23.7 Å². The summed E-state index contributed by atoms with van der Waals surface area (Å²) in [5.41, 5.74) is 0.922. The highest BCUT2D eigenvalue weighted by Crippen LogP contribution is 2.21. The second-order valence-corrected chi connectivity index (χ2v) is 4.23. The Kier molecular flexibility index (Phi) is 5.25. The van der Waals surface area contributed by atoms with E-state index in [1.165, 1.54) is 6.07 Å². The molecule has 0 saturated carbocycles. The van der Waals surface area contributed by atoms with Gasteiger partial charge >= 0.3 is 5.97 Å². The lowest BCUT2D eigenvalue weighted by atomic mass is 10.2. The van der Waals surface area contributed by atoms with Gasteiger partial charge < -0.3 is 15.2 Å². The first-order chi connectivity index (χ1) is 8.04. The molecule has 0 aliphatic heterocycles. The number of hydrogen-bond donors (Lipinski definition) is 2. The van der Waals surface area contributed by atoms with Gasteiger partial charge in [0.2, 0.25) is 0 Å². The SMILES string of the molecule is COCCC(C)Nc1ccc(C(=O)O)c(Cl)c1. The van der Waals surface area contributed by atoms with Crippen molar-refractivity contribution in [1.29, 1.82) is 0 Å². The highest BCUT2D eigenvalue weighted by Gasteiger charge is 2.09. The summed E-state index contributed by atoms with van der Waals surface area (Å²) in [6.07, 6.45) is 0.870. The van der Waals surface area contributed by atoms with Gasteiger partial charge in [-0.25, -0.2) is 4.79 Å². The molecule has 0 aromatic heterocycles. The topological polar surface area (TPSA) is 58.6 Å². The van der Waals surface area contributed by atoms with Crippen molar-refractivity contribution < 1.29 is 14.6 Å². The molecule has 1 aromatic carbocycles. The van der Waals surface area contributed by atoms with E-state index in [1.807, 2.05) is 6.92 Å². The van der Waals surface area contributed by atoms with E-state index < -0.39 is 5.97 Å². The van der Waals surface area contributed by atoms with Crippen LogP contribution in [0.5, 0.6) is 0 Å². The van der Waals surface area contributed by atoms with Gasteiger partial charge in [-0.2, -0.15) is 0 Å². The molecule has 1 atom stereocenters. The number of anilines is 1. The Morgan fingerprint density at radius 2 is 2.29 bits per heavy atom. The maximum Gasteiger partial charge on any atom is 0.337 e. The molecule has 5 heteroatoms. The highest BCUT2D eigenvalue weighted by atomic mass is 35.5. The van der Waals surface area contributed by atoms with Crippen LogP contribution in [0.3, 0.4) is 0 Å². The number of hydrogen-bond acceptors (Lipinski definition) is 3. The molecule has 0 saturated heterocycles. The van der Waals surface area contributed by atoms with Crippen LogP contribution in [0.25, 0.3) is 0 Å². The molecule has 94 valence electrons. The second kappa shape index (κ2) is 6.47. The third-order valence-electron chi connectivity index (χ3n) is 2.37. The summed E-state index contributed by atoms with van der Waals surface area (Å²) >= 11 is 5.87. The van der Waals surface area contributed by atoms with Crippen LogP contribution in [0.4, 0.5) is 5.69 Å². The molecule has 0 amide bonds. The van der Waals surface area contributed by atoms with E-state index in [2.05, 4.69) is 5.32 Å². The van der Waals surface area contributed by atoms with Gasteiger partial charge in [0.15, 0.2) is 0 Å². The van der Waals surface area contributed by atoms with Gasteiger partial charge in [0.25, 0.3) is 0 Å². The molecule has 1 rings (SSSR count). The molecule has 0 heterocycles. The minimum absolute atomic E-state index is 0.113. The van der Waals surface area contributed by atoms with E-state index in [1.54, 1.807) is 19.2 Å². The van der Waals surface area contributed by atoms with Crippen LogP contribution in [-0.4, -0.2) is 30.8 Å². The van der Waals surface area contributed by atoms with Crippen LogP contribution < -0.4 is 5.32 Å². The number of benzene rings is 1. The van der Waals surface area contributed by atoms with E-state index in [9.17, 15) is 4.79 Å². The van der Waals surface area contributed by atoms with Crippen LogP contribution in [0.15, 0.2) is 18.2 Å². The molecule has 0 spiro atoms. The van der Waals surface area contributed by atoms with E-state index in [-0.39, 0.29) is 16.6 Å². The summed E-state index contributed by atoms with van der Waals surface area (Å²) in [7, 11) is 1.66. The van der Waals surface area contributed by atoms with Crippen LogP contribution in [-0.2, 0) is 4.74 Å². The molecule has 4 nitrogen and oxygen atoms in total. The fourth-order valence-corrected chi connectivity index (χ4v) is 1.69. The largest absolute Gasteiger partial charge is 0.478 e. The molecule has 0 radical (unpaired) electrons. The molecule has 1 unspecified atom stereocenters. The zero-order valence-corrected chi connectivity index (χ0v) is 10.6. The molecular weight excluding hydrogens is 242 g/mol. The molecule has 17 heavy (non-hydrogen) atoms. The van der Waals surface area contributed by atoms with Crippen molar-refractivity contribution in [3.8, 4) is 0 Å². The number of methoxy groups -OCH3 is 1. The molecule has 2 N–H and O–H groups in total. The van der Waals surface area contributed by atoms with Crippen molar-refractivity contribution in [2.75, 3.05) is 19.0 Å². The lowest BCUT2D eigenvalue weighted by Crippen LogP contribution is -2.17. The second-order valence-electron chi connectivity index (χ2n) is 3.83. The fraction of sp³-hybridized carbons (Fsp3) is 0.417. The number of rotatable bonds is 6.